The van der Waals surface area contributed by atoms with Crippen molar-refractivity contribution >= 4 is 11.8 Å². The molecule has 0 bridgehead atoms. The molecule has 0 aliphatic rings. The summed E-state index contributed by atoms with van der Waals surface area (Å²) in [7, 11) is 1.38. The van der Waals surface area contributed by atoms with Crippen molar-refractivity contribution in [2.45, 2.75) is 32.1 Å². The second-order valence-electron chi connectivity index (χ2n) is 5.47. The fourth-order valence-electron chi connectivity index (χ4n) is 2.30. The van der Waals surface area contributed by atoms with Crippen LogP contribution in [0.5, 0.6) is 0 Å². The summed E-state index contributed by atoms with van der Waals surface area (Å²) in [6.45, 7) is 0. The molecule has 0 atom stereocenters. The predicted octanol–water partition coefficient (Wildman–Crippen LogP) is 2.93. The molecule has 1 aromatic carbocycles. The van der Waals surface area contributed by atoms with Crippen molar-refractivity contribution in [2.75, 3.05) is 7.11 Å². The Kier molecular flexibility index (Phi) is 6.48. The van der Waals surface area contributed by atoms with Gasteiger partial charge in [0.25, 0.3) is 0 Å². The van der Waals surface area contributed by atoms with Crippen LogP contribution in [0, 0.1) is 0 Å². The molecule has 0 aliphatic carbocycles. The number of rotatable bonds is 8. The van der Waals surface area contributed by atoms with Gasteiger partial charge in [-0.05, 0) is 35.6 Å². The van der Waals surface area contributed by atoms with E-state index < -0.39 is 0 Å². The van der Waals surface area contributed by atoms with Gasteiger partial charge in [0.1, 0.15) is 5.78 Å². The lowest BCUT2D eigenvalue weighted by Crippen LogP contribution is -2.05. The van der Waals surface area contributed by atoms with Crippen molar-refractivity contribution in [2.24, 2.45) is 0 Å². The molecule has 0 radical (unpaired) electrons. The minimum atomic E-state index is -0.247. The van der Waals surface area contributed by atoms with Crippen LogP contribution in [0.25, 0.3) is 0 Å². The monoisotopic (exact) mass is 311 g/mol. The van der Waals surface area contributed by atoms with Gasteiger partial charge in [0.05, 0.1) is 13.5 Å². The van der Waals surface area contributed by atoms with E-state index in [0.29, 0.717) is 12.8 Å². The molecule has 0 amide bonds. The third-order valence-electron chi connectivity index (χ3n) is 3.71. The van der Waals surface area contributed by atoms with Gasteiger partial charge in [-0.25, -0.2) is 0 Å². The molecular formula is C19H21NO3. The van der Waals surface area contributed by atoms with Gasteiger partial charge in [0, 0.05) is 25.2 Å². The Morgan fingerprint density at radius 1 is 0.957 bits per heavy atom. The zero-order chi connectivity index (χ0) is 16.5. The first-order chi connectivity index (χ1) is 11.2. The number of methoxy groups -OCH3 is 1. The lowest BCUT2D eigenvalue weighted by atomic mass is 10.0. The molecule has 120 valence electrons. The summed E-state index contributed by atoms with van der Waals surface area (Å²) in [4.78, 5) is 27.2. The Labute approximate surface area is 136 Å². The molecule has 0 unspecified atom stereocenters. The van der Waals surface area contributed by atoms with Crippen molar-refractivity contribution in [1.82, 2.24) is 4.98 Å². The molecule has 23 heavy (non-hydrogen) atoms. The molecule has 4 heteroatoms. The molecule has 1 aromatic heterocycles. The van der Waals surface area contributed by atoms with Crippen LogP contribution in [0.1, 0.15) is 29.5 Å². The van der Waals surface area contributed by atoms with Crippen LogP contribution < -0.4 is 0 Å². The molecule has 0 N–H and O–H groups in total. The van der Waals surface area contributed by atoms with Crippen LogP contribution in [-0.4, -0.2) is 23.8 Å². The van der Waals surface area contributed by atoms with E-state index in [2.05, 4.69) is 9.72 Å². The Hall–Kier alpha value is -2.49. The number of carbonyl (C=O) groups is 2. The van der Waals surface area contributed by atoms with Crippen molar-refractivity contribution in [3.05, 3.63) is 65.5 Å². The summed E-state index contributed by atoms with van der Waals surface area (Å²) in [5.74, 6) is 0.0100. The topological polar surface area (TPSA) is 56.3 Å². The number of pyridine rings is 1. The van der Waals surface area contributed by atoms with Gasteiger partial charge >= 0.3 is 5.97 Å². The van der Waals surface area contributed by atoms with Gasteiger partial charge in [0.15, 0.2) is 0 Å². The molecule has 0 fully saturated rings. The van der Waals surface area contributed by atoms with Crippen LogP contribution in [0.4, 0.5) is 0 Å². The number of Topliss-reactive ketones (excluding diaryl/α,β-unsaturated/α-hetero) is 1. The SMILES string of the molecule is COC(=O)Cc1ccc(CCC(=O)CCc2cccnc2)cc1. The van der Waals surface area contributed by atoms with Crippen molar-refractivity contribution in [1.29, 1.82) is 0 Å². The summed E-state index contributed by atoms with van der Waals surface area (Å²) >= 11 is 0. The molecule has 0 aliphatic heterocycles. The minimum absolute atomic E-state index is 0.247. The second-order valence-corrected chi connectivity index (χ2v) is 5.47. The van der Waals surface area contributed by atoms with E-state index in [4.69, 9.17) is 0 Å². The number of aryl methyl sites for hydroxylation is 2. The molecule has 2 rings (SSSR count). The third kappa shape index (κ3) is 6.02. The zero-order valence-electron chi connectivity index (χ0n) is 13.3. The number of hydrogen-bond acceptors (Lipinski definition) is 4. The molecular weight excluding hydrogens is 290 g/mol. The predicted molar refractivity (Wildman–Crippen MR) is 88.0 cm³/mol. The first kappa shape index (κ1) is 16.9. The third-order valence-corrected chi connectivity index (χ3v) is 3.71. The molecule has 2 aromatic rings. The van der Waals surface area contributed by atoms with Crippen LogP contribution in [0.3, 0.4) is 0 Å². The van der Waals surface area contributed by atoms with Gasteiger partial charge < -0.3 is 4.74 Å². The van der Waals surface area contributed by atoms with Crippen LogP contribution in [-0.2, 0) is 33.6 Å². The van der Waals surface area contributed by atoms with Gasteiger partial charge in [-0.15, -0.1) is 0 Å². The number of carbonyl (C=O) groups excluding carboxylic acids is 2. The maximum absolute atomic E-state index is 12.0. The van der Waals surface area contributed by atoms with E-state index in [1.54, 1.807) is 12.4 Å². The van der Waals surface area contributed by atoms with E-state index in [9.17, 15) is 9.59 Å². The summed E-state index contributed by atoms with van der Waals surface area (Å²) in [6, 6.07) is 11.6. The van der Waals surface area contributed by atoms with Gasteiger partial charge in [-0.1, -0.05) is 30.3 Å². The smallest absolute Gasteiger partial charge is 0.309 e. The molecule has 1 heterocycles. The lowest BCUT2D eigenvalue weighted by Gasteiger charge is -2.04. The largest absolute Gasteiger partial charge is 0.469 e. The highest BCUT2D eigenvalue weighted by molar-refractivity contribution is 5.78. The average Bonchev–Trinajstić information content (AvgIpc) is 2.60. The first-order valence-electron chi connectivity index (χ1n) is 7.72. The molecule has 0 saturated heterocycles. The minimum Gasteiger partial charge on any atom is -0.469 e. The summed E-state index contributed by atoms with van der Waals surface area (Å²) < 4.78 is 4.64. The number of benzene rings is 1. The Balaban J connectivity index is 1.74. The number of ether oxygens (including phenoxy) is 1. The summed E-state index contributed by atoms with van der Waals surface area (Å²) in [5, 5.41) is 0. The molecule has 0 spiro atoms. The highest BCUT2D eigenvalue weighted by Gasteiger charge is 2.05. The number of aromatic nitrogens is 1. The molecule has 4 nitrogen and oxygen atoms in total. The normalized spacial score (nSPS) is 10.3. The highest BCUT2D eigenvalue weighted by Crippen LogP contribution is 2.10. The Bertz CT molecular complexity index is 635. The number of nitrogens with zero attached hydrogens (tertiary/aromatic N) is 1. The standard InChI is InChI=1S/C19H21NO3/c1-23-19(22)13-16-6-4-15(5-7-16)8-10-18(21)11-9-17-3-2-12-20-14-17/h2-7,12,14H,8-11,13H2,1H3. The maximum atomic E-state index is 12.0. The fourth-order valence-corrected chi connectivity index (χ4v) is 2.30. The van der Waals surface area contributed by atoms with Crippen molar-refractivity contribution in [3.8, 4) is 0 Å². The van der Waals surface area contributed by atoms with Gasteiger partial charge in [-0.2, -0.15) is 0 Å². The fraction of sp³-hybridized carbons (Fsp3) is 0.316. The first-order valence-corrected chi connectivity index (χ1v) is 7.72. The summed E-state index contributed by atoms with van der Waals surface area (Å²) in [5.41, 5.74) is 3.12. The van der Waals surface area contributed by atoms with E-state index >= 15 is 0 Å². The van der Waals surface area contributed by atoms with E-state index in [1.165, 1.54) is 7.11 Å². The van der Waals surface area contributed by atoms with Crippen molar-refractivity contribution < 1.29 is 14.3 Å². The van der Waals surface area contributed by atoms with E-state index in [-0.39, 0.29) is 18.2 Å². The molecule has 0 saturated carbocycles. The zero-order valence-corrected chi connectivity index (χ0v) is 13.3. The highest BCUT2D eigenvalue weighted by atomic mass is 16.5. The average molecular weight is 311 g/mol. The number of hydrogen-bond donors (Lipinski definition) is 0. The van der Waals surface area contributed by atoms with Crippen LogP contribution in [0.15, 0.2) is 48.8 Å². The number of esters is 1. The summed E-state index contributed by atoms with van der Waals surface area (Å²) in [6.07, 6.45) is 6.36. The maximum Gasteiger partial charge on any atom is 0.309 e. The van der Waals surface area contributed by atoms with Gasteiger partial charge in [-0.3, -0.25) is 14.6 Å². The second kappa shape index (κ2) is 8.83. The van der Waals surface area contributed by atoms with E-state index in [0.717, 1.165) is 29.5 Å². The lowest BCUT2D eigenvalue weighted by molar-refractivity contribution is -0.139. The van der Waals surface area contributed by atoms with E-state index in [1.807, 2.05) is 36.4 Å². The van der Waals surface area contributed by atoms with Gasteiger partial charge in [0.2, 0.25) is 0 Å². The van der Waals surface area contributed by atoms with Crippen molar-refractivity contribution in [3.63, 3.8) is 0 Å². The number of ketones is 1. The Morgan fingerprint density at radius 3 is 2.22 bits per heavy atom. The quantitative estimate of drug-likeness (QED) is 0.703. The van der Waals surface area contributed by atoms with Crippen LogP contribution >= 0.6 is 0 Å². The Morgan fingerprint density at radius 2 is 1.61 bits per heavy atom. The van der Waals surface area contributed by atoms with Crippen LogP contribution in [0.2, 0.25) is 0 Å².